The average molecular weight is 220 g/mol. The molecule has 16 heavy (non-hydrogen) atoms. The predicted octanol–water partition coefficient (Wildman–Crippen LogP) is 0.965. The van der Waals surface area contributed by atoms with E-state index in [1.807, 2.05) is 0 Å². The van der Waals surface area contributed by atoms with Crippen LogP contribution in [0.2, 0.25) is 0 Å². The maximum absolute atomic E-state index is 13.2. The number of hydrogen-bond acceptors (Lipinski definition) is 3. The molecular weight excluding hydrogens is 211 g/mol. The minimum atomic E-state index is -0.640. The molecule has 0 spiro atoms. The summed E-state index contributed by atoms with van der Waals surface area (Å²) in [5.74, 6) is -0.754. The summed E-state index contributed by atoms with van der Waals surface area (Å²) < 4.78 is 18.5. The minimum absolute atomic E-state index is 0.115. The number of hydrogen-bond donors (Lipinski definition) is 1. The number of nitrogens with one attached hydrogen (secondary N) is 1. The van der Waals surface area contributed by atoms with Crippen LogP contribution in [0, 0.1) is 17.1 Å². The first-order chi connectivity index (χ1) is 7.72. The van der Waals surface area contributed by atoms with Gasteiger partial charge < -0.3 is 10.1 Å². The molecule has 0 bridgehead atoms. The maximum atomic E-state index is 13.2. The van der Waals surface area contributed by atoms with Gasteiger partial charge in [-0.05, 0) is 12.1 Å². The number of rotatable bonds is 2. The van der Waals surface area contributed by atoms with Crippen molar-refractivity contribution in [3.63, 3.8) is 0 Å². The summed E-state index contributed by atoms with van der Waals surface area (Å²) in [7, 11) is 0. The van der Waals surface area contributed by atoms with Crippen LogP contribution in [0.25, 0.3) is 0 Å². The molecule has 1 saturated heterocycles. The average Bonchev–Trinajstić information content (AvgIpc) is 2.65. The number of nitrogens with zero attached hydrogens (tertiary/aromatic N) is 1. The molecule has 1 heterocycles. The molecule has 1 amide bonds. The molecule has 0 saturated carbocycles. The maximum Gasteiger partial charge on any atom is 0.261 e. The molecule has 1 aliphatic heterocycles. The molecule has 1 atom stereocenters. The highest BCUT2D eigenvalue weighted by atomic mass is 19.1. The van der Waals surface area contributed by atoms with Crippen LogP contribution in [0.3, 0.4) is 0 Å². The van der Waals surface area contributed by atoms with E-state index in [1.165, 1.54) is 18.2 Å². The van der Waals surface area contributed by atoms with E-state index in [-0.39, 0.29) is 17.2 Å². The summed E-state index contributed by atoms with van der Waals surface area (Å²) in [4.78, 5) is 11.3. The van der Waals surface area contributed by atoms with Crippen LogP contribution in [-0.4, -0.2) is 18.6 Å². The molecular formula is C11H9FN2O2. The summed E-state index contributed by atoms with van der Waals surface area (Å²) >= 11 is 0. The highest BCUT2D eigenvalue weighted by molar-refractivity contribution is 5.83. The summed E-state index contributed by atoms with van der Waals surface area (Å²) in [6.45, 7) is 0.542. The lowest BCUT2D eigenvalue weighted by Gasteiger charge is -2.12. The SMILES string of the molecule is N#Cc1c(F)cccc1OC1CCNC1=O. The van der Waals surface area contributed by atoms with E-state index < -0.39 is 11.9 Å². The Labute approximate surface area is 91.6 Å². The summed E-state index contributed by atoms with van der Waals surface area (Å²) in [5, 5.41) is 11.4. The zero-order valence-corrected chi connectivity index (χ0v) is 8.37. The molecule has 1 fully saturated rings. The van der Waals surface area contributed by atoms with E-state index in [2.05, 4.69) is 5.32 Å². The number of ether oxygens (including phenoxy) is 1. The second-order valence-electron chi connectivity index (χ2n) is 3.41. The van der Waals surface area contributed by atoms with Crippen molar-refractivity contribution in [2.75, 3.05) is 6.54 Å². The molecule has 0 aromatic heterocycles. The van der Waals surface area contributed by atoms with Gasteiger partial charge in [-0.3, -0.25) is 4.79 Å². The van der Waals surface area contributed by atoms with Gasteiger partial charge in [0.2, 0.25) is 0 Å². The minimum Gasteiger partial charge on any atom is -0.479 e. The Hall–Kier alpha value is -2.09. The molecule has 1 aromatic rings. The molecule has 4 nitrogen and oxygen atoms in total. The fourth-order valence-electron chi connectivity index (χ4n) is 1.55. The van der Waals surface area contributed by atoms with Gasteiger partial charge in [0.1, 0.15) is 23.2 Å². The Morgan fingerprint density at radius 3 is 3.00 bits per heavy atom. The standard InChI is InChI=1S/C11H9FN2O2/c12-8-2-1-3-9(7(8)6-13)16-10-4-5-14-11(10)15/h1-3,10H,4-5H2,(H,14,15). The predicted molar refractivity (Wildman–Crippen MR) is 53.2 cm³/mol. The van der Waals surface area contributed by atoms with Gasteiger partial charge in [-0.25, -0.2) is 4.39 Å². The van der Waals surface area contributed by atoms with E-state index in [4.69, 9.17) is 10.00 Å². The molecule has 1 aromatic carbocycles. The van der Waals surface area contributed by atoms with Crippen molar-refractivity contribution >= 4 is 5.91 Å². The molecule has 5 heteroatoms. The largest absolute Gasteiger partial charge is 0.479 e. The Bertz CT molecular complexity index is 468. The molecule has 1 N–H and O–H groups in total. The number of halogens is 1. The van der Waals surface area contributed by atoms with Crippen LogP contribution in [0.4, 0.5) is 4.39 Å². The second kappa shape index (κ2) is 4.19. The molecule has 82 valence electrons. The topological polar surface area (TPSA) is 62.1 Å². The molecule has 0 radical (unpaired) electrons. The first-order valence-electron chi connectivity index (χ1n) is 4.85. The van der Waals surface area contributed by atoms with Crippen molar-refractivity contribution in [2.24, 2.45) is 0 Å². The Morgan fingerprint density at radius 1 is 1.56 bits per heavy atom. The lowest BCUT2D eigenvalue weighted by molar-refractivity contribution is -0.124. The van der Waals surface area contributed by atoms with Gasteiger partial charge >= 0.3 is 0 Å². The number of amides is 1. The van der Waals surface area contributed by atoms with Crippen molar-refractivity contribution < 1.29 is 13.9 Å². The monoisotopic (exact) mass is 220 g/mol. The van der Waals surface area contributed by atoms with Crippen LogP contribution in [0.15, 0.2) is 18.2 Å². The van der Waals surface area contributed by atoms with Gasteiger partial charge in [0, 0.05) is 13.0 Å². The van der Waals surface area contributed by atoms with E-state index in [0.717, 1.165) is 0 Å². The van der Waals surface area contributed by atoms with Gasteiger partial charge in [-0.1, -0.05) is 6.07 Å². The van der Waals surface area contributed by atoms with Crippen LogP contribution in [-0.2, 0) is 4.79 Å². The van der Waals surface area contributed by atoms with Gasteiger partial charge in [0.25, 0.3) is 5.91 Å². The van der Waals surface area contributed by atoms with Crippen LogP contribution >= 0.6 is 0 Å². The van der Waals surface area contributed by atoms with E-state index in [1.54, 1.807) is 6.07 Å². The molecule has 0 aliphatic carbocycles. The zero-order valence-electron chi connectivity index (χ0n) is 8.37. The summed E-state index contributed by atoms with van der Waals surface area (Å²) in [5.41, 5.74) is -0.165. The van der Waals surface area contributed by atoms with Crippen LogP contribution in [0.5, 0.6) is 5.75 Å². The summed E-state index contributed by atoms with van der Waals surface area (Å²) in [6.07, 6.45) is -0.103. The number of carbonyl (C=O) groups excluding carboxylic acids is 1. The van der Waals surface area contributed by atoms with Crippen molar-refractivity contribution in [3.8, 4) is 11.8 Å². The third kappa shape index (κ3) is 1.82. The number of benzene rings is 1. The second-order valence-corrected chi connectivity index (χ2v) is 3.41. The molecule has 2 rings (SSSR count). The van der Waals surface area contributed by atoms with Gasteiger partial charge in [-0.15, -0.1) is 0 Å². The zero-order chi connectivity index (χ0) is 11.5. The van der Waals surface area contributed by atoms with Gasteiger partial charge in [0.15, 0.2) is 6.10 Å². The smallest absolute Gasteiger partial charge is 0.261 e. The normalized spacial score (nSPS) is 19.0. The van der Waals surface area contributed by atoms with Crippen molar-refractivity contribution in [1.82, 2.24) is 5.32 Å². The fourth-order valence-corrected chi connectivity index (χ4v) is 1.55. The van der Waals surface area contributed by atoms with Crippen molar-refractivity contribution in [3.05, 3.63) is 29.6 Å². The molecule has 1 aliphatic rings. The van der Waals surface area contributed by atoms with E-state index in [9.17, 15) is 9.18 Å². The van der Waals surface area contributed by atoms with Gasteiger partial charge in [0.05, 0.1) is 0 Å². The van der Waals surface area contributed by atoms with E-state index >= 15 is 0 Å². The van der Waals surface area contributed by atoms with Gasteiger partial charge in [-0.2, -0.15) is 5.26 Å². The number of nitriles is 1. The Balaban J connectivity index is 2.25. The Kier molecular flexibility index (Phi) is 2.73. The van der Waals surface area contributed by atoms with Crippen molar-refractivity contribution in [2.45, 2.75) is 12.5 Å². The fraction of sp³-hybridized carbons (Fsp3) is 0.273. The summed E-state index contributed by atoms with van der Waals surface area (Å²) in [6, 6.07) is 5.82. The quantitative estimate of drug-likeness (QED) is 0.807. The van der Waals surface area contributed by atoms with Crippen molar-refractivity contribution in [1.29, 1.82) is 5.26 Å². The van der Waals surface area contributed by atoms with Crippen LogP contribution < -0.4 is 10.1 Å². The lowest BCUT2D eigenvalue weighted by Crippen LogP contribution is -2.27. The third-order valence-corrected chi connectivity index (χ3v) is 2.35. The van der Waals surface area contributed by atoms with E-state index in [0.29, 0.717) is 13.0 Å². The van der Waals surface area contributed by atoms with Crippen LogP contribution in [0.1, 0.15) is 12.0 Å². The highest BCUT2D eigenvalue weighted by Crippen LogP contribution is 2.22. The molecule has 1 unspecified atom stereocenters. The Morgan fingerprint density at radius 2 is 2.38 bits per heavy atom. The first-order valence-corrected chi connectivity index (χ1v) is 4.85. The lowest BCUT2D eigenvalue weighted by atomic mass is 10.2. The first kappa shape index (κ1) is 10.4. The highest BCUT2D eigenvalue weighted by Gasteiger charge is 2.27. The number of carbonyl (C=O) groups is 1. The third-order valence-electron chi connectivity index (χ3n) is 2.35.